The zero-order valence-electron chi connectivity index (χ0n) is 19.9. The van der Waals surface area contributed by atoms with Crippen LogP contribution in [0.5, 0.6) is 5.75 Å². The van der Waals surface area contributed by atoms with Crippen LogP contribution in [0.1, 0.15) is 45.4 Å². The van der Waals surface area contributed by atoms with Gasteiger partial charge < -0.3 is 9.64 Å². The van der Waals surface area contributed by atoms with Gasteiger partial charge in [0.05, 0.1) is 6.20 Å². The number of carbonyl (C=O) groups is 3. The lowest BCUT2D eigenvalue weighted by Gasteiger charge is -2.29. The van der Waals surface area contributed by atoms with Gasteiger partial charge in [-0.25, -0.2) is 14.8 Å². The lowest BCUT2D eigenvalue weighted by Crippen LogP contribution is -2.40. The van der Waals surface area contributed by atoms with Crippen LogP contribution in [-0.2, 0) is 24.4 Å². The normalized spacial score (nSPS) is 12.3. The minimum Gasteiger partial charge on any atom is -0.486 e. The van der Waals surface area contributed by atoms with E-state index in [9.17, 15) is 19.6 Å². The van der Waals surface area contributed by atoms with Gasteiger partial charge >= 0.3 is 6.03 Å². The van der Waals surface area contributed by atoms with Crippen LogP contribution in [0.25, 0.3) is 0 Å². The maximum Gasteiger partial charge on any atom is 0.328 e. The van der Waals surface area contributed by atoms with Crippen molar-refractivity contribution in [3.05, 3.63) is 63.1 Å². The molecule has 0 radical (unpaired) electrons. The second-order valence-electron chi connectivity index (χ2n) is 8.24. The van der Waals surface area contributed by atoms with Crippen molar-refractivity contribution in [3.63, 3.8) is 0 Å². The number of anilines is 2. The number of nitriles is 1. The molecule has 3 aromatic heterocycles. The predicted octanol–water partition coefficient (Wildman–Crippen LogP) is 3.76. The highest BCUT2D eigenvalue weighted by Crippen LogP contribution is 2.29. The molecule has 1 aliphatic heterocycles. The maximum absolute atomic E-state index is 13.2. The third kappa shape index (κ3) is 5.50. The first-order valence-electron chi connectivity index (χ1n) is 11.2. The van der Waals surface area contributed by atoms with Crippen molar-refractivity contribution in [1.29, 1.82) is 5.26 Å². The highest BCUT2D eigenvalue weighted by atomic mass is 32.1. The van der Waals surface area contributed by atoms with Gasteiger partial charge in [-0.15, -0.1) is 11.3 Å². The molecule has 0 atom stereocenters. The molecular weight excluding hydrogens is 480 g/mol. The Hall–Kier alpha value is -4.30. The highest BCUT2D eigenvalue weighted by Gasteiger charge is 2.26. The summed E-state index contributed by atoms with van der Waals surface area (Å²) in [5.74, 6) is 0.815. The molecule has 0 spiro atoms. The number of nitrogens with zero attached hydrogens (tertiary/aromatic N) is 5. The average Bonchev–Trinajstić information content (AvgIpc) is 3.40. The van der Waals surface area contributed by atoms with E-state index in [0.717, 1.165) is 10.4 Å². The van der Waals surface area contributed by atoms with Crippen molar-refractivity contribution >= 4 is 41.2 Å². The van der Waals surface area contributed by atoms with Crippen molar-refractivity contribution < 1.29 is 19.1 Å². The van der Waals surface area contributed by atoms with Crippen LogP contribution in [0.3, 0.4) is 0 Å². The second kappa shape index (κ2) is 11.0. The number of fused-ring (bicyclic) bond motifs is 1. The van der Waals surface area contributed by atoms with Crippen molar-refractivity contribution in [1.82, 2.24) is 14.9 Å². The molecule has 0 saturated heterocycles. The first-order valence-corrected chi connectivity index (χ1v) is 12.1. The van der Waals surface area contributed by atoms with E-state index >= 15 is 0 Å². The van der Waals surface area contributed by atoms with Crippen LogP contribution < -0.4 is 15.0 Å². The third-order valence-electron chi connectivity index (χ3n) is 5.75. The number of rotatable bonds is 7. The number of aromatic nitrogens is 2. The largest absolute Gasteiger partial charge is 0.486 e. The summed E-state index contributed by atoms with van der Waals surface area (Å²) in [5.41, 5.74) is 1.89. The smallest absolute Gasteiger partial charge is 0.328 e. The SMILES string of the molecule is CC(=O)N(C)Cc1cc2c(nc1C=O)N(C(=O)Nc1cc(OCc3cccs3)c(C#N)cn1)CCC2. The van der Waals surface area contributed by atoms with E-state index in [-0.39, 0.29) is 29.5 Å². The minimum atomic E-state index is -0.463. The Bertz CT molecular complexity index is 1340. The number of aldehydes is 1. The molecule has 0 fully saturated rings. The molecule has 0 aromatic carbocycles. The summed E-state index contributed by atoms with van der Waals surface area (Å²) in [6.45, 7) is 2.41. The predicted molar refractivity (Wildman–Crippen MR) is 134 cm³/mol. The Morgan fingerprint density at radius 1 is 1.39 bits per heavy atom. The molecule has 184 valence electrons. The van der Waals surface area contributed by atoms with Gasteiger partial charge in [-0.1, -0.05) is 6.07 Å². The maximum atomic E-state index is 13.2. The van der Waals surface area contributed by atoms with Crippen LogP contribution in [0.2, 0.25) is 0 Å². The Kier molecular flexibility index (Phi) is 7.56. The molecule has 10 nitrogen and oxygen atoms in total. The van der Waals surface area contributed by atoms with Gasteiger partial charge in [0, 0.05) is 43.6 Å². The lowest BCUT2D eigenvalue weighted by molar-refractivity contribution is -0.128. The van der Waals surface area contributed by atoms with E-state index in [1.807, 2.05) is 29.6 Å². The topological polar surface area (TPSA) is 129 Å². The van der Waals surface area contributed by atoms with Gasteiger partial charge in [0.15, 0.2) is 6.29 Å². The molecule has 0 aliphatic carbocycles. The summed E-state index contributed by atoms with van der Waals surface area (Å²) >= 11 is 1.54. The Balaban J connectivity index is 1.55. The zero-order valence-corrected chi connectivity index (χ0v) is 20.7. The van der Waals surface area contributed by atoms with Gasteiger partial charge in [-0.2, -0.15) is 5.26 Å². The summed E-state index contributed by atoms with van der Waals surface area (Å²) in [6.07, 6.45) is 3.39. The molecule has 3 aromatic rings. The van der Waals surface area contributed by atoms with Gasteiger partial charge in [0.2, 0.25) is 5.91 Å². The fraction of sp³-hybridized carbons (Fsp3) is 0.280. The van der Waals surface area contributed by atoms with E-state index in [1.54, 1.807) is 18.4 Å². The number of thiophene rings is 1. The van der Waals surface area contributed by atoms with Crippen molar-refractivity contribution in [2.24, 2.45) is 0 Å². The van der Waals surface area contributed by atoms with Crippen LogP contribution in [0, 0.1) is 11.3 Å². The highest BCUT2D eigenvalue weighted by molar-refractivity contribution is 7.09. The van der Waals surface area contributed by atoms with Gasteiger partial charge in [0.25, 0.3) is 0 Å². The monoisotopic (exact) mass is 504 g/mol. The first-order chi connectivity index (χ1) is 17.4. The van der Waals surface area contributed by atoms with Gasteiger partial charge in [-0.05, 0) is 35.9 Å². The number of nitrogens with one attached hydrogen (secondary N) is 1. The van der Waals surface area contributed by atoms with E-state index < -0.39 is 6.03 Å². The summed E-state index contributed by atoms with van der Waals surface area (Å²) in [5, 5.41) is 14.1. The standard InChI is InChI=1S/C25H24N6O4S/c1-16(33)30(2)13-18-9-17-5-3-7-31(24(17)28-21(18)14-32)25(34)29-23-10-22(19(11-26)12-27-23)35-15-20-6-4-8-36-20/h4,6,8-10,12,14H,3,5,7,13,15H2,1-2H3,(H,27,29,34). The number of hydrogen-bond acceptors (Lipinski definition) is 8. The van der Waals surface area contributed by atoms with E-state index in [4.69, 9.17) is 4.74 Å². The van der Waals surface area contributed by atoms with Crippen molar-refractivity contribution in [2.45, 2.75) is 32.9 Å². The zero-order chi connectivity index (χ0) is 25.7. The second-order valence-corrected chi connectivity index (χ2v) is 9.27. The average molecular weight is 505 g/mol. The summed E-state index contributed by atoms with van der Waals surface area (Å²) < 4.78 is 5.79. The van der Waals surface area contributed by atoms with Gasteiger partial charge in [-0.3, -0.25) is 19.8 Å². The number of carbonyl (C=O) groups excluding carboxylic acids is 3. The molecule has 1 aliphatic rings. The van der Waals surface area contributed by atoms with Crippen LogP contribution >= 0.6 is 11.3 Å². The Labute approximate surface area is 212 Å². The van der Waals surface area contributed by atoms with Gasteiger partial charge in [0.1, 0.15) is 41.3 Å². The Morgan fingerprint density at radius 3 is 2.92 bits per heavy atom. The molecule has 4 heterocycles. The molecule has 11 heteroatoms. The number of ether oxygens (including phenoxy) is 1. The first kappa shape index (κ1) is 24.8. The van der Waals surface area contributed by atoms with E-state index in [2.05, 4.69) is 15.3 Å². The van der Waals surface area contributed by atoms with E-state index in [1.165, 1.54) is 29.0 Å². The third-order valence-corrected chi connectivity index (χ3v) is 6.60. The molecule has 3 amide bonds. The molecule has 0 bridgehead atoms. The van der Waals surface area contributed by atoms with Crippen molar-refractivity contribution in [3.8, 4) is 11.8 Å². The van der Waals surface area contributed by atoms with Crippen LogP contribution in [0.15, 0.2) is 35.8 Å². The number of hydrogen-bond donors (Lipinski definition) is 1. The van der Waals surface area contributed by atoms with Crippen LogP contribution in [0.4, 0.5) is 16.4 Å². The number of amides is 3. The molecule has 0 saturated carbocycles. The summed E-state index contributed by atoms with van der Waals surface area (Å²) in [7, 11) is 1.65. The fourth-order valence-corrected chi connectivity index (χ4v) is 4.40. The molecule has 1 N–H and O–H groups in total. The number of urea groups is 1. The number of pyridine rings is 2. The van der Waals surface area contributed by atoms with Crippen LogP contribution in [-0.4, -0.2) is 46.7 Å². The van der Waals surface area contributed by atoms with Crippen molar-refractivity contribution in [2.75, 3.05) is 23.8 Å². The molecular formula is C25H24N6O4S. The Morgan fingerprint density at radius 2 is 2.22 bits per heavy atom. The molecule has 4 rings (SSSR count). The number of aryl methyl sites for hydroxylation is 1. The molecule has 0 unspecified atom stereocenters. The molecule has 36 heavy (non-hydrogen) atoms. The fourth-order valence-electron chi connectivity index (χ4n) is 3.78. The van der Waals surface area contributed by atoms with E-state index in [0.29, 0.717) is 49.4 Å². The summed E-state index contributed by atoms with van der Waals surface area (Å²) in [6, 6.07) is 8.78. The minimum absolute atomic E-state index is 0.126. The quantitative estimate of drug-likeness (QED) is 0.485. The lowest BCUT2D eigenvalue weighted by atomic mass is 10.0. The summed E-state index contributed by atoms with van der Waals surface area (Å²) in [4.78, 5) is 49.2.